The van der Waals surface area contributed by atoms with Crippen LogP contribution in [0.5, 0.6) is 0 Å². The van der Waals surface area contributed by atoms with E-state index in [2.05, 4.69) is 17.3 Å². The van der Waals surface area contributed by atoms with Crippen LogP contribution in [0, 0.1) is 6.92 Å². The van der Waals surface area contributed by atoms with Crippen molar-refractivity contribution in [2.45, 2.75) is 29.9 Å². The van der Waals surface area contributed by atoms with E-state index in [4.69, 9.17) is 11.6 Å². The van der Waals surface area contributed by atoms with Crippen molar-refractivity contribution >= 4 is 34.7 Å². The smallest absolute Gasteiger partial charge is 0.150 e. The fourth-order valence-electron chi connectivity index (χ4n) is 0.771. The van der Waals surface area contributed by atoms with Crippen molar-refractivity contribution in [1.82, 2.24) is 4.98 Å². The first-order chi connectivity index (χ1) is 5.72. The van der Waals surface area contributed by atoms with E-state index in [0.717, 1.165) is 22.3 Å². The van der Waals surface area contributed by atoms with Gasteiger partial charge in [-0.1, -0.05) is 18.7 Å². The van der Waals surface area contributed by atoms with Gasteiger partial charge in [0.15, 0.2) is 0 Å². The number of hydrogen-bond donors (Lipinski definition) is 0. The van der Waals surface area contributed by atoms with E-state index >= 15 is 0 Å². The van der Waals surface area contributed by atoms with Gasteiger partial charge in [0.2, 0.25) is 0 Å². The molecule has 0 bridgehead atoms. The van der Waals surface area contributed by atoms with Crippen LogP contribution in [-0.4, -0.2) is 16.1 Å². The lowest BCUT2D eigenvalue weighted by Gasteiger charge is -2.04. The SMILES string of the molecule is Cc1csc(SC(C)CCCl)n1. The van der Waals surface area contributed by atoms with Gasteiger partial charge in [0.1, 0.15) is 4.34 Å². The number of thiazole rings is 1. The van der Waals surface area contributed by atoms with Gasteiger partial charge in [0.05, 0.1) is 0 Å². The summed E-state index contributed by atoms with van der Waals surface area (Å²) in [6.45, 7) is 4.20. The summed E-state index contributed by atoms with van der Waals surface area (Å²) in [5.41, 5.74) is 1.11. The van der Waals surface area contributed by atoms with Gasteiger partial charge in [0.25, 0.3) is 0 Å². The highest BCUT2D eigenvalue weighted by molar-refractivity contribution is 8.01. The zero-order valence-electron chi connectivity index (χ0n) is 7.21. The highest BCUT2D eigenvalue weighted by Gasteiger charge is 2.05. The first-order valence-electron chi connectivity index (χ1n) is 3.87. The molecule has 0 aliphatic heterocycles. The Kier molecular flexibility index (Phi) is 4.40. The van der Waals surface area contributed by atoms with Crippen molar-refractivity contribution in [3.63, 3.8) is 0 Å². The Bertz CT molecular complexity index is 237. The number of hydrogen-bond acceptors (Lipinski definition) is 3. The monoisotopic (exact) mass is 221 g/mol. The third kappa shape index (κ3) is 3.33. The molecule has 1 aromatic rings. The topological polar surface area (TPSA) is 12.9 Å². The van der Waals surface area contributed by atoms with Gasteiger partial charge in [-0.25, -0.2) is 4.98 Å². The van der Waals surface area contributed by atoms with Crippen LogP contribution in [0.15, 0.2) is 9.72 Å². The number of aryl methyl sites for hydroxylation is 1. The Morgan fingerprint density at radius 3 is 3.00 bits per heavy atom. The van der Waals surface area contributed by atoms with E-state index in [-0.39, 0.29) is 0 Å². The molecule has 0 fully saturated rings. The maximum atomic E-state index is 5.64. The lowest BCUT2D eigenvalue weighted by molar-refractivity contribution is 0.910. The lowest BCUT2D eigenvalue weighted by atomic mass is 10.4. The second-order valence-corrected chi connectivity index (χ2v) is 5.58. The summed E-state index contributed by atoms with van der Waals surface area (Å²) in [6.07, 6.45) is 1.05. The fraction of sp³-hybridized carbons (Fsp3) is 0.625. The Morgan fingerprint density at radius 2 is 2.50 bits per heavy atom. The van der Waals surface area contributed by atoms with E-state index in [1.807, 2.05) is 18.7 Å². The summed E-state index contributed by atoms with van der Waals surface area (Å²) in [5, 5.41) is 2.66. The Labute approximate surface area is 86.5 Å². The van der Waals surface area contributed by atoms with Crippen LogP contribution >= 0.6 is 34.7 Å². The minimum Gasteiger partial charge on any atom is -0.235 e. The highest BCUT2D eigenvalue weighted by atomic mass is 35.5. The van der Waals surface area contributed by atoms with E-state index in [1.165, 1.54) is 0 Å². The number of nitrogens with zero attached hydrogens (tertiary/aromatic N) is 1. The third-order valence-corrected chi connectivity index (χ3v) is 3.89. The average Bonchev–Trinajstić information content (AvgIpc) is 2.36. The van der Waals surface area contributed by atoms with Gasteiger partial charge in [-0.05, 0) is 13.3 Å². The Balaban J connectivity index is 2.41. The molecule has 0 saturated carbocycles. The third-order valence-electron chi connectivity index (χ3n) is 1.42. The van der Waals surface area contributed by atoms with Gasteiger partial charge in [0, 0.05) is 22.2 Å². The Morgan fingerprint density at radius 1 is 1.75 bits per heavy atom. The molecule has 0 aliphatic carbocycles. The molecular weight excluding hydrogens is 210 g/mol. The minimum absolute atomic E-state index is 0.577. The summed E-state index contributed by atoms with van der Waals surface area (Å²) in [6, 6.07) is 0. The summed E-state index contributed by atoms with van der Waals surface area (Å²) in [5.74, 6) is 0.735. The van der Waals surface area contributed by atoms with Gasteiger partial charge in [-0.2, -0.15) is 0 Å². The van der Waals surface area contributed by atoms with Crippen LogP contribution in [0.2, 0.25) is 0 Å². The molecule has 0 saturated heterocycles. The van der Waals surface area contributed by atoms with Crippen LogP contribution in [0.1, 0.15) is 19.0 Å². The zero-order valence-corrected chi connectivity index (χ0v) is 9.60. The molecule has 1 heterocycles. The van der Waals surface area contributed by atoms with Crippen LogP contribution in [0.3, 0.4) is 0 Å². The van der Waals surface area contributed by atoms with E-state index in [0.29, 0.717) is 5.25 Å². The molecule has 68 valence electrons. The fourth-order valence-corrected chi connectivity index (χ4v) is 3.38. The van der Waals surface area contributed by atoms with Crippen molar-refractivity contribution in [3.8, 4) is 0 Å². The molecule has 0 N–H and O–H groups in total. The molecule has 0 radical (unpaired) electrons. The van der Waals surface area contributed by atoms with Crippen molar-refractivity contribution in [1.29, 1.82) is 0 Å². The normalized spacial score (nSPS) is 13.2. The van der Waals surface area contributed by atoms with Crippen LogP contribution < -0.4 is 0 Å². The summed E-state index contributed by atoms with van der Waals surface area (Å²) in [4.78, 5) is 4.37. The molecule has 1 nitrogen and oxygen atoms in total. The van der Waals surface area contributed by atoms with Crippen molar-refractivity contribution in [3.05, 3.63) is 11.1 Å². The molecular formula is C8H12ClNS2. The molecule has 1 unspecified atom stereocenters. The zero-order chi connectivity index (χ0) is 8.97. The Hall–Kier alpha value is 0.270. The molecule has 1 atom stereocenters. The highest BCUT2D eigenvalue weighted by Crippen LogP contribution is 2.27. The summed E-state index contributed by atoms with van der Waals surface area (Å²) in [7, 11) is 0. The number of aromatic nitrogens is 1. The summed E-state index contributed by atoms with van der Waals surface area (Å²) >= 11 is 9.16. The van der Waals surface area contributed by atoms with Crippen LogP contribution in [-0.2, 0) is 0 Å². The van der Waals surface area contributed by atoms with Gasteiger partial charge in [-0.15, -0.1) is 22.9 Å². The standard InChI is InChI=1S/C8H12ClNS2/c1-6-5-11-8(10-6)12-7(2)3-4-9/h5,7H,3-4H2,1-2H3. The number of alkyl halides is 1. The van der Waals surface area contributed by atoms with Gasteiger partial charge < -0.3 is 0 Å². The molecule has 4 heteroatoms. The van der Waals surface area contributed by atoms with Gasteiger partial charge in [-0.3, -0.25) is 0 Å². The predicted molar refractivity (Wildman–Crippen MR) is 57.5 cm³/mol. The van der Waals surface area contributed by atoms with Crippen molar-refractivity contribution in [2.75, 3.05) is 5.88 Å². The molecule has 0 aromatic carbocycles. The first kappa shape index (κ1) is 10.4. The second kappa shape index (κ2) is 5.10. The molecule has 0 spiro atoms. The number of rotatable bonds is 4. The van der Waals surface area contributed by atoms with E-state index in [1.54, 1.807) is 11.3 Å². The van der Waals surface area contributed by atoms with Crippen molar-refractivity contribution < 1.29 is 0 Å². The molecule has 12 heavy (non-hydrogen) atoms. The average molecular weight is 222 g/mol. The van der Waals surface area contributed by atoms with E-state index in [9.17, 15) is 0 Å². The molecule has 1 rings (SSSR count). The lowest BCUT2D eigenvalue weighted by Crippen LogP contribution is -1.95. The first-order valence-corrected chi connectivity index (χ1v) is 6.16. The predicted octanol–water partition coefficient (Wildman–Crippen LogP) is 3.56. The molecule has 0 aliphatic rings. The maximum Gasteiger partial charge on any atom is 0.150 e. The van der Waals surface area contributed by atoms with Gasteiger partial charge >= 0.3 is 0 Å². The number of thioether (sulfide) groups is 1. The second-order valence-electron chi connectivity index (χ2n) is 2.66. The summed E-state index contributed by atoms with van der Waals surface area (Å²) < 4.78 is 1.16. The van der Waals surface area contributed by atoms with Crippen LogP contribution in [0.25, 0.3) is 0 Å². The minimum atomic E-state index is 0.577. The largest absolute Gasteiger partial charge is 0.235 e. The molecule has 0 amide bonds. The molecule has 1 aromatic heterocycles. The number of halogens is 1. The quantitative estimate of drug-likeness (QED) is 0.570. The maximum absolute atomic E-state index is 5.64. The van der Waals surface area contributed by atoms with Crippen LogP contribution in [0.4, 0.5) is 0 Å². The van der Waals surface area contributed by atoms with E-state index < -0.39 is 0 Å². The van der Waals surface area contributed by atoms with Crippen molar-refractivity contribution in [2.24, 2.45) is 0 Å².